The number of halogens is 3. The average Bonchev–Trinajstić information content (AvgIpc) is 2.44. The first-order valence-electron chi connectivity index (χ1n) is 6.38. The molecule has 20 heavy (non-hydrogen) atoms. The number of nitrogens with zero attached hydrogens (tertiary/aromatic N) is 1. The summed E-state index contributed by atoms with van der Waals surface area (Å²) >= 11 is 0. The molecule has 1 aromatic rings. The van der Waals surface area contributed by atoms with Gasteiger partial charge in [-0.1, -0.05) is 0 Å². The molecule has 0 saturated heterocycles. The van der Waals surface area contributed by atoms with E-state index in [0.29, 0.717) is 18.9 Å². The van der Waals surface area contributed by atoms with Crippen LogP contribution in [0.15, 0.2) is 29.3 Å². The zero-order chi connectivity index (χ0) is 14.4. The molecule has 0 unspecified atom stereocenters. The van der Waals surface area contributed by atoms with Crippen molar-refractivity contribution in [1.29, 1.82) is 0 Å². The predicted octanol–water partition coefficient (Wildman–Crippen LogP) is 2.02. The normalized spacial score (nSPS) is 15.2. The Morgan fingerprint density at radius 3 is 2.60 bits per heavy atom. The summed E-state index contributed by atoms with van der Waals surface area (Å²) in [7, 11) is 0. The van der Waals surface area contributed by atoms with Crippen LogP contribution >= 0.6 is 0 Å². The lowest BCUT2D eigenvalue weighted by atomic mass is 10.2. The van der Waals surface area contributed by atoms with E-state index in [-0.39, 0.29) is 0 Å². The molecule has 110 valence electrons. The van der Waals surface area contributed by atoms with Gasteiger partial charge in [0.2, 0.25) is 0 Å². The quantitative estimate of drug-likeness (QED) is 0.833. The van der Waals surface area contributed by atoms with Crippen molar-refractivity contribution in [1.82, 2.24) is 10.6 Å². The topological polar surface area (TPSA) is 45.6 Å². The second-order valence-electron chi connectivity index (χ2n) is 4.31. The second-order valence-corrected chi connectivity index (χ2v) is 4.31. The Labute approximate surface area is 115 Å². The fourth-order valence-electron chi connectivity index (χ4n) is 1.73. The zero-order valence-electron chi connectivity index (χ0n) is 10.8. The van der Waals surface area contributed by atoms with Gasteiger partial charge in [-0.15, -0.1) is 0 Å². The molecule has 1 aliphatic heterocycles. The molecule has 0 amide bonds. The van der Waals surface area contributed by atoms with E-state index < -0.39 is 11.7 Å². The molecule has 1 aromatic carbocycles. The number of alkyl halides is 3. The van der Waals surface area contributed by atoms with Crippen molar-refractivity contribution in [2.45, 2.75) is 12.6 Å². The highest BCUT2D eigenvalue weighted by Gasteiger charge is 2.29. The minimum Gasteiger partial charge on any atom is -0.492 e. The number of hydrogen-bond donors (Lipinski definition) is 2. The van der Waals surface area contributed by atoms with E-state index in [1.807, 2.05) is 0 Å². The lowest BCUT2D eigenvalue weighted by Gasteiger charge is -2.16. The fourth-order valence-corrected chi connectivity index (χ4v) is 1.73. The van der Waals surface area contributed by atoms with Gasteiger partial charge in [0.1, 0.15) is 12.4 Å². The first kappa shape index (κ1) is 14.5. The Morgan fingerprint density at radius 2 is 2.00 bits per heavy atom. The van der Waals surface area contributed by atoms with Gasteiger partial charge in [0.25, 0.3) is 0 Å². The molecule has 1 heterocycles. The van der Waals surface area contributed by atoms with Gasteiger partial charge in [0.15, 0.2) is 5.96 Å². The highest BCUT2D eigenvalue weighted by molar-refractivity contribution is 5.80. The SMILES string of the molecule is FC(F)(F)c1ccc(OCCNC2=NCCCN2)cc1. The summed E-state index contributed by atoms with van der Waals surface area (Å²) < 4.78 is 42.4. The number of aliphatic imine (C=N–C) groups is 1. The van der Waals surface area contributed by atoms with E-state index in [1.165, 1.54) is 12.1 Å². The third-order valence-corrected chi connectivity index (χ3v) is 2.74. The Morgan fingerprint density at radius 1 is 1.25 bits per heavy atom. The lowest BCUT2D eigenvalue weighted by Crippen LogP contribution is -2.42. The molecule has 0 saturated carbocycles. The third kappa shape index (κ3) is 4.32. The van der Waals surface area contributed by atoms with Gasteiger partial charge in [-0.05, 0) is 30.7 Å². The molecule has 0 aliphatic carbocycles. The number of hydrogen-bond acceptors (Lipinski definition) is 4. The van der Waals surface area contributed by atoms with Crippen LogP contribution in [0.3, 0.4) is 0 Å². The van der Waals surface area contributed by atoms with Crippen molar-refractivity contribution in [3.8, 4) is 5.75 Å². The summed E-state index contributed by atoms with van der Waals surface area (Å²) in [6, 6.07) is 4.66. The average molecular weight is 287 g/mol. The number of guanidine groups is 1. The molecule has 4 nitrogen and oxygen atoms in total. The Kier molecular flexibility index (Phi) is 4.70. The van der Waals surface area contributed by atoms with E-state index in [1.54, 1.807) is 0 Å². The molecule has 1 aliphatic rings. The van der Waals surface area contributed by atoms with Gasteiger partial charge in [0, 0.05) is 13.1 Å². The van der Waals surface area contributed by atoms with Crippen molar-refractivity contribution in [2.24, 2.45) is 4.99 Å². The van der Waals surface area contributed by atoms with E-state index >= 15 is 0 Å². The van der Waals surface area contributed by atoms with Gasteiger partial charge >= 0.3 is 6.18 Å². The van der Waals surface area contributed by atoms with Crippen LogP contribution in [-0.4, -0.2) is 32.2 Å². The Balaban J connectivity index is 1.73. The molecule has 0 spiro atoms. The van der Waals surface area contributed by atoms with Gasteiger partial charge in [-0.3, -0.25) is 4.99 Å². The number of nitrogens with one attached hydrogen (secondary N) is 2. The summed E-state index contributed by atoms with van der Waals surface area (Å²) in [5.41, 5.74) is -0.677. The van der Waals surface area contributed by atoms with E-state index in [9.17, 15) is 13.2 Å². The van der Waals surface area contributed by atoms with Crippen LogP contribution in [0.1, 0.15) is 12.0 Å². The van der Waals surface area contributed by atoms with Gasteiger partial charge in [0.05, 0.1) is 12.1 Å². The summed E-state index contributed by atoms with van der Waals surface area (Å²) in [5.74, 6) is 1.16. The third-order valence-electron chi connectivity index (χ3n) is 2.74. The van der Waals surface area contributed by atoms with Gasteiger partial charge in [-0.25, -0.2) is 0 Å². The first-order valence-corrected chi connectivity index (χ1v) is 6.38. The summed E-state index contributed by atoms with van der Waals surface area (Å²) in [6.45, 7) is 2.58. The number of rotatable bonds is 4. The van der Waals surface area contributed by atoms with Crippen LogP contribution in [0.4, 0.5) is 13.2 Å². The van der Waals surface area contributed by atoms with Crippen LogP contribution in [-0.2, 0) is 6.18 Å². The number of ether oxygens (including phenoxy) is 1. The highest BCUT2D eigenvalue weighted by Crippen LogP contribution is 2.30. The molecule has 0 aromatic heterocycles. The van der Waals surface area contributed by atoms with Gasteiger partial charge in [-0.2, -0.15) is 13.2 Å². The molecule has 7 heteroatoms. The minimum absolute atomic E-state index is 0.353. The van der Waals surface area contributed by atoms with Crippen molar-refractivity contribution in [3.05, 3.63) is 29.8 Å². The maximum atomic E-state index is 12.4. The monoisotopic (exact) mass is 287 g/mol. The molecular weight excluding hydrogens is 271 g/mol. The van der Waals surface area contributed by atoms with Crippen LogP contribution in [0.25, 0.3) is 0 Å². The van der Waals surface area contributed by atoms with Crippen molar-refractivity contribution in [2.75, 3.05) is 26.2 Å². The standard InChI is InChI=1S/C13H16F3N3O/c14-13(15,16)10-2-4-11(5-3-10)20-9-8-19-12-17-6-1-7-18-12/h2-5H,1,6-9H2,(H2,17,18,19). The second kappa shape index (κ2) is 6.49. The summed E-state index contributed by atoms with van der Waals surface area (Å²) in [4.78, 5) is 4.23. The highest BCUT2D eigenvalue weighted by atomic mass is 19.4. The molecule has 0 fully saturated rings. The van der Waals surface area contributed by atoms with Crippen LogP contribution in [0, 0.1) is 0 Å². The lowest BCUT2D eigenvalue weighted by molar-refractivity contribution is -0.137. The molecule has 0 radical (unpaired) electrons. The summed E-state index contributed by atoms with van der Waals surface area (Å²) in [5, 5.41) is 6.16. The maximum Gasteiger partial charge on any atom is 0.416 e. The van der Waals surface area contributed by atoms with Crippen molar-refractivity contribution < 1.29 is 17.9 Å². The molecule has 0 bridgehead atoms. The van der Waals surface area contributed by atoms with Crippen molar-refractivity contribution in [3.63, 3.8) is 0 Å². The van der Waals surface area contributed by atoms with E-state index in [0.717, 1.165) is 37.6 Å². The predicted molar refractivity (Wildman–Crippen MR) is 69.9 cm³/mol. The van der Waals surface area contributed by atoms with Crippen LogP contribution < -0.4 is 15.4 Å². The number of benzene rings is 1. The van der Waals surface area contributed by atoms with Crippen LogP contribution in [0.2, 0.25) is 0 Å². The first-order chi connectivity index (χ1) is 9.55. The Hall–Kier alpha value is -1.92. The summed E-state index contributed by atoms with van der Waals surface area (Å²) in [6.07, 6.45) is -3.29. The molecule has 0 atom stereocenters. The van der Waals surface area contributed by atoms with E-state index in [4.69, 9.17) is 4.74 Å². The molecular formula is C13H16F3N3O. The van der Waals surface area contributed by atoms with Crippen LogP contribution in [0.5, 0.6) is 5.75 Å². The Bertz CT molecular complexity index is 457. The zero-order valence-corrected chi connectivity index (χ0v) is 10.8. The smallest absolute Gasteiger partial charge is 0.416 e. The fraction of sp³-hybridized carbons (Fsp3) is 0.462. The largest absolute Gasteiger partial charge is 0.492 e. The minimum atomic E-state index is -4.31. The molecule has 2 N–H and O–H groups in total. The van der Waals surface area contributed by atoms with E-state index in [2.05, 4.69) is 15.6 Å². The van der Waals surface area contributed by atoms with Crippen molar-refractivity contribution >= 4 is 5.96 Å². The molecule has 2 rings (SSSR count). The maximum absolute atomic E-state index is 12.4. The van der Waals surface area contributed by atoms with Gasteiger partial charge < -0.3 is 15.4 Å².